The summed E-state index contributed by atoms with van der Waals surface area (Å²) in [7, 11) is 0. The number of amides is 1. The minimum absolute atomic E-state index is 0.0803. The van der Waals surface area contributed by atoms with Crippen LogP contribution in [0, 0.1) is 13.8 Å². The van der Waals surface area contributed by atoms with Crippen molar-refractivity contribution in [3.05, 3.63) is 51.2 Å². The minimum atomic E-state index is -0.446. The molecular formula is C24H34N2O3S. The number of carbonyl (C=O) groups excluding carboxylic acids is 1. The average molecular weight is 431 g/mol. The van der Waals surface area contributed by atoms with Gasteiger partial charge in [-0.25, -0.2) is 0 Å². The molecule has 1 aromatic carbocycles. The molecule has 2 atom stereocenters. The van der Waals surface area contributed by atoms with Crippen molar-refractivity contribution in [2.75, 3.05) is 32.8 Å². The van der Waals surface area contributed by atoms with Gasteiger partial charge in [-0.1, -0.05) is 24.6 Å². The monoisotopic (exact) mass is 430 g/mol. The van der Waals surface area contributed by atoms with Gasteiger partial charge >= 0.3 is 0 Å². The normalized spacial score (nSPS) is 17.1. The zero-order chi connectivity index (χ0) is 21.7. The molecule has 0 saturated carbocycles. The molecule has 1 amide bonds. The molecule has 0 unspecified atom stereocenters. The molecule has 1 aliphatic rings. The molecule has 0 fully saturated rings. The summed E-state index contributed by atoms with van der Waals surface area (Å²) >= 11 is 1.76. The smallest absolute Gasteiger partial charge is 0.237 e. The van der Waals surface area contributed by atoms with E-state index in [9.17, 15) is 9.90 Å². The third-order valence-electron chi connectivity index (χ3n) is 5.56. The number of aliphatic hydroxyl groups excluding tert-OH is 1. The number of benzene rings is 1. The van der Waals surface area contributed by atoms with Gasteiger partial charge in [-0.15, -0.1) is 11.3 Å². The maximum absolute atomic E-state index is 13.3. The standard InChI is InChI=1S/C24H34N2O3S/c1-5-10-25(14-19(4)27)15-24(28)26-11-8-23-20(9-12-30-23)21(26)16-29-22-7-6-17(2)13-18(22)3/h6-7,9,12-13,19,21,27H,5,8,10-11,14-16H2,1-4H3/t19-,21+/m1/s1. The van der Waals surface area contributed by atoms with Gasteiger partial charge in [0.05, 0.1) is 18.7 Å². The van der Waals surface area contributed by atoms with Crippen molar-refractivity contribution in [3.63, 3.8) is 0 Å². The Balaban J connectivity index is 1.75. The maximum atomic E-state index is 13.3. The molecule has 0 saturated heterocycles. The van der Waals surface area contributed by atoms with Crippen LogP contribution < -0.4 is 4.74 Å². The van der Waals surface area contributed by atoms with Crippen LogP contribution in [0.2, 0.25) is 0 Å². The van der Waals surface area contributed by atoms with Gasteiger partial charge in [-0.05, 0) is 68.8 Å². The molecular weight excluding hydrogens is 396 g/mol. The van der Waals surface area contributed by atoms with Crippen LogP contribution >= 0.6 is 11.3 Å². The van der Waals surface area contributed by atoms with Gasteiger partial charge in [-0.2, -0.15) is 0 Å². The van der Waals surface area contributed by atoms with E-state index in [2.05, 4.69) is 49.3 Å². The zero-order valence-electron chi connectivity index (χ0n) is 18.6. The van der Waals surface area contributed by atoms with E-state index in [4.69, 9.17) is 4.74 Å². The van der Waals surface area contributed by atoms with Gasteiger partial charge in [0.15, 0.2) is 0 Å². The molecule has 2 heterocycles. The van der Waals surface area contributed by atoms with E-state index in [-0.39, 0.29) is 11.9 Å². The van der Waals surface area contributed by atoms with Crippen LogP contribution in [-0.2, 0) is 11.2 Å². The number of carbonyl (C=O) groups is 1. The summed E-state index contributed by atoms with van der Waals surface area (Å²) in [4.78, 5) is 18.7. The highest BCUT2D eigenvalue weighted by Gasteiger charge is 2.33. The third-order valence-corrected chi connectivity index (χ3v) is 6.56. The van der Waals surface area contributed by atoms with Crippen LogP contribution in [-0.4, -0.2) is 59.7 Å². The molecule has 1 N–H and O–H groups in total. The molecule has 0 aliphatic carbocycles. The molecule has 0 radical (unpaired) electrons. The Morgan fingerprint density at radius 1 is 1.37 bits per heavy atom. The molecule has 6 heteroatoms. The largest absolute Gasteiger partial charge is 0.491 e. The summed E-state index contributed by atoms with van der Waals surface area (Å²) in [5.41, 5.74) is 3.53. The van der Waals surface area contributed by atoms with Crippen LogP contribution in [0.4, 0.5) is 0 Å². The lowest BCUT2D eigenvalue weighted by atomic mass is 10.00. The first-order valence-corrected chi connectivity index (χ1v) is 11.7. The molecule has 5 nitrogen and oxygen atoms in total. The van der Waals surface area contributed by atoms with E-state index in [1.54, 1.807) is 18.3 Å². The number of fused-ring (bicyclic) bond motifs is 1. The second-order valence-electron chi connectivity index (χ2n) is 8.32. The van der Waals surface area contributed by atoms with Crippen LogP contribution in [0.15, 0.2) is 29.6 Å². The Hall–Kier alpha value is -1.89. The van der Waals surface area contributed by atoms with Crippen LogP contribution in [0.1, 0.15) is 47.9 Å². The molecule has 1 aromatic heterocycles. The molecule has 164 valence electrons. The van der Waals surface area contributed by atoms with Crippen molar-refractivity contribution in [2.24, 2.45) is 0 Å². The predicted molar refractivity (Wildman–Crippen MR) is 122 cm³/mol. The summed E-state index contributed by atoms with van der Waals surface area (Å²) in [5, 5.41) is 11.9. The first-order valence-electron chi connectivity index (χ1n) is 10.8. The van der Waals surface area contributed by atoms with E-state index < -0.39 is 6.10 Å². The van der Waals surface area contributed by atoms with E-state index in [1.807, 2.05) is 11.0 Å². The summed E-state index contributed by atoms with van der Waals surface area (Å²) in [6.45, 7) is 10.8. The van der Waals surface area contributed by atoms with E-state index >= 15 is 0 Å². The molecule has 2 aromatic rings. The fourth-order valence-electron chi connectivity index (χ4n) is 4.21. The topological polar surface area (TPSA) is 53.0 Å². The van der Waals surface area contributed by atoms with Crippen LogP contribution in [0.3, 0.4) is 0 Å². The summed E-state index contributed by atoms with van der Waals surface area (Å²) in [5.74, 6) is 0.979. The van der Waals surface area contributed by atoms with E-state index in [1.165, 1.54) is 16.0 Å². The van der Waals surface area contributed by atoms with Gasteiger partial charge in [0, 0.05) is 18.0 Å². The second kappa shape index (κ2) is 10.4. The van der Waals surface area contributed by atoms with Crippen molar-refractivity contribution in [1.29, 1.82) is 0 Å². The van der Waals surface area contributed by atoms with E-state index in [0.717, 1.165) is 30.7 Å². The first kappa shape index (κ1) is 22.8. The second-order valence-corrected chi connectivity index (χ2v) is 9.32. The zero-order valence-corrected chi connectivity index (χ0v) is 19.4. The van der Waals surface area contributed by atoms with Gasteiger partial charge < -0.3 is 14.7 Å². The summed E-state index contributed by atoms with van der Waals surface area (Å²) in [6, 6.07) is 8.24. The van der Waals surface area contributed by atoms with E-state index in [0.29, 0.717) is 26.2 Å². The Morgan fingerprint density at radius 2 is 2.17 bits per heavy atom. The predicted octanol–water partition coefficient (Wildman–Crippen LogP) is 3.96. The Morgan fingerprint density at radius 3 is 2.87 bits per heavy atom. The number of thiophene rings is 1. The SMILES string of the molecule is CCCN(CC(=O)N1CCc2sccc2[C@@H]1COc1ccc(C)cc1C)C[C@@H](C)O. The maximum Gasteiger partial charge on any atom is 0.237 e. The lowest BCUT2D eigenvalue weighted by Crippen LogP contribution is -2.47. The quantitative estimate of drug-likeness (QED) is 0.654. The van der Waals surface area contributed by atoms with Gasteiger partial charge in [-0.3, -0.25) is 9.69 Å². The van der Waals surface area contributed by atoms with Crippen molar-refractivity contribution >= 4 is 17.2 Å². The Labute approximate surface area is 184 Å². The molecule has 0 spiro atoms. The van der Waals surface area contributed by atoms with Crippen molar-refractivity contribution < 1.29 is 14.6 Å². The molecule has 30 heavy (non-hydrogen) atoms. The highest BCUT2D eigenvalue weighted by molar-refractivity contribution is 7.10. The minimum Gasteiger partial charge on any atom is -0.491 e. The van der Waals surface area contributed by atoms with Crippen molar-refractivity contribution in [1.82, 2.24) is 9.80 Å². The fraction of sp³-hybridized carbons (Fsp3) is 0.542. The number of hydrogen-bond acceptors (Lipinski definition) is 5. The first-order chi connectivity index (χ1) is 14.4. The summed E-state index contributed by atoms with van der Waals surface area (Å²) in [6.07, 6.45) is 1.40. The number of ether oxygens (including phenoxy) is 1. The number of aliphatic hydroxyl groups is 1. The van der Waals surface area contributed by atoms with Crippen molar-refractivity contribution in [2.45, 2.75) is 52.7 Å². The lowest BCUT2D eigenvalue weighted by molar-refractivity contribution is -0.136. The fourth-order valence-corrected chi connectivity index (χ4v) is 5.14. The average Bonchev–Trinajstić information content (AvgIpc) is 3.15. The van der Waals surface area contributed by atoms with Crippen LogP contribution in [0.5, 0.6) is 5.75 Å². The highest BCUT2D eigenvalue weighted by atomic mass is 32.1. The molecule has 1 aliphatic heterocycles. The lowest BCUT2D eigenvalue weighted by Gasteiger charge is -2.37. The number of hydrogen-bond donors (Lipinski definition) is 1. The Bertz CT molecular complexity index is 849. The number of nitrogens with zero attached hydrogens (tertiary/aromatic N) is 2. The molecule has 3 rings (SSSR count). The van der Waals surface area contributed by atoms with Crippen LogP contribution in [0.25, 0.3) is 0 Å². The van der Waals surface area contributed by atoms with Gasteiger partial charge in [0.25, 0.3) is 0 Å². The third kappa shape index (κ3) is 5.62. The number of rotatable bonds is 9. The highest BCUT2D eigenvalue weighted by Crippen LogP contribution is 2.34. The van der Waals surface area contributed by atoms with Gasteiger partial charge in [0.2, 0.25) is 5.91 Å². The summed E-state index contributed by atoms with van der Waals surface area (Å²) < 4.78 is 6.21. The molecule has 0 bridgehead atoms. The number of aryl methyl sites for hydroxylation is 2. The van der Waals surface area contributed by atoms with Crippen molar-refractivity contribution in [3.8, 4) is 5.75 Å². The van der Waals surface area contributed by atoms with Gasteiger partial charge in [0.1, 0.15) is 12.4 Å². The Kier molecular flexibility index (Phi) is 7.92.